The SMILES string of the molecule is CCOC(=O)C1=C(C)NC(C)=C(C(=O)OCC)C1c1ccc(OC(=O)COc2ccc(OC)cc2)c(OC)c1. The molecule has 0 amide bonds. The van der Waals surface area contributed by atoms with Gasteiger partial charge in [-0.15, -0.1) is 0 Å². The summed E-state index contributed by atoms with van der Waals surface area (Å²) in [5, 5.41) is 3.09. The molecular formula is C29H33NO9. The lowest BCUT2D eigenvalue weighted by Gasteiger charge is -2.30. The van der Waals surface area contributed by atoms with Gasteiger partial charge in [-0.3, -0.25) is 0 Å². The molecule has 0 radical (unpaired) electrons. The van der Waals surface area contributed by atoms with E-state index in [4.69, 9.17) is 28.4 Å². The summed E-state index contributed by atoms with van der Waals surface area (Å²) < 4.78 is 32.2. The Morgan fingerprint density at radius 1 is 0.769 bits per heavy atom. The van der Waals surface area contributed by atoms with Crippen LogP contribution in [0.5, 0.6) is 23.0 Å². The van der Waals surface area contributed by atoms with Crippen LogP contribution >= 0.6 is 0 Å². The normalized spacial score (nSPS) is 13.4. The van der Waals surface area contributed by atoms with Gasteiger partial charge in [-0.1, -0.05) is 6.07 Å². The highest BCUT2D eigenvalue weighted by molar-refractivity contribution is 6.00. The molecule has 10 heteroatoms. The average Bonchev–Trinajstić information content (AvgIpc) is 2.92. The summed E-state index contributed by atoms with van der Waals surface area (Å²) in [5.41, 5.74) is 2.19. The van der Waals surface area contributed by atoms with Gasteiger partial charge in [-0.25, -0.2) is 14.4 Å². The highest BCUT2D eigenvalue weighted by Crippen LogP contribution is 2.42. The van der Waals surface area contributed by atoms with Crippen molar-refractivity contribution in [3.8, 4) is 23.0 Å². The van der Waals surface area contributed by atoms with E-state index in [1.807, 2.05) is 0 Å². The molecule has 0 fully saturated rings. The van der Waals surface area contributed by atoms with Gasteiger partial charge in [0.1, 0.15) is 11.5 Å². The third-order valence-corrected chi connectivity index (χ3v) is 5.91. The van der Waals surface area contributed by atoms with E-state index in [-0.39, 0.29) is 42.5 Å². The van der Waals surface area contributed by atoms with E-state index in [0.29, 0.717) is 28.5 Å². The summed E-state index contributed by atoms with van der Waals surface area (Å²) in [6.45, 7) is 6.87. The van der Waals surface area contributed by atoms with E-state index in [1.165, 1.54) is 13.2 Å². The second-order valence-corrected chi connectivity index (χ2v) is 8.42. The van der Waals surface area contributed by atoms with E-state index < -0.39 is 23.8 Å². The first kappa shape index (κ1) is 29.1. The molecule has 3 rings (SSSR count). The molecule has 0 saturated heterocycles. The van der Waals surface area contributed by atoms with Crippen LogP contribution in [-0.4, -0.2) is 51.9 Å². The Bertz CT molecular complexity index is 1240. The maximum atomic E-state index is 13.0. The number of hydrogen-bond acceptors (Lipinski definition) is 10. The van der Waals surface area contributed by atoms with E-state index >= 15 is 0 Å². The molecule has 39 heavy (non-hydrogen) atoms. The van der Waals surface area contributed by atoms with Crippen molar-refractivity contribution < 1.29 is 42.8 Å². The lowest BCUT2D eigenvalue weighted by Crippen LogP contribution is -2.32. The first-order valence-electron chi connectivity index (χ1n) is 12.4. The van der Waals surface area contributed by atoms with Crippen LogP contribution in [0.1, 0.15) is 39.2 Å². The van der Waals surface area contributed by atoms with E-state index in [1.54, 1.807) is 71.2 Å². The molecule has 0 saturated carbocycles. The van der Waals surface area contributed by atoms with E-state index in [2.05, 4.69) is 5.32 Å². The van der Waals surface area contributed by atoms with Crippen LogP contribution in [0.4, 0.5) is 0 Å². The molecule has 1 N–H and O–H groups in total. The van der Waals surface area contributed by atoms with Gasteiger partial charge in [-0.2, -0.15) is 0 Å². The molecule has 1 aliphatic rings. The number of hydrogen-bond donors (Lipinski definition) is 1. The van der Waals surface area contributed by atoms with Crippen LogP contribution in [0.25, 0.3) is 0 Å². The number of dihydropyridines is 1. The second-order valence-electron chi connectivity index (χ2n) is 8.42. The molecular weight excluding hydrogens is 506 g/mol. The van der Waals surface area contributed by atoms with Crippen LogP contribution < -0.4 is 24.3 Å². The zero-order valence-corrected chi connectivity index (χ0v) is 22.9. The van der Waals surface area contributed by atoms with Crippen molar-refractivity contribution in [3.05, 3.63) is 70.6 Å². The van der Waals surface area contributed by atoms with Crippen LogP contribution in [-0.2, 0) is 23.9 Å². The number of carbonyl (C=O) groups excluding carboxylic acids is 3. The minimum atomic E-state index is -0.804. The molecule has 208 valence electrons. The minimum absolute atomic E-state index is 0.148. The maximum Gasteiger partial charge on any atom is 0.349 e. The summed E-state index contributed by atoms with van der Waals surface area (Å²) in [6, 6.07) is 11.6. The van der Waals surface area contributed by atoms with Gasteiger partial charge in [0.05, 0.1) is 44.5 Å². The minimum Gasteiger partial charge on any atom is -0.497 e. The summed E-state index contributed by atoms with van der Waals surface area (Å²) in [5.74, 6) is -1.06. The monoisotopic (exact) mass is 539 g/mol. The van der Waals surface area contributed by atoms with Crippen molar-refractivity contribution >= 4 is 17.9 Å². The molecule has 1 aliphatic heterocycles. The fourth-order valence-corrected chi connectivity index (χ4v) is 4.20. The van der Waals surface area contributed by atoms with Gasteiger partial charge in [-0.05, 0) is 69.7 Å². The third-order valence-electron chi connectivity index (χ3n) is 5.91. The van der Waals surface area contributed by atoms with Crippen molar-refractivity contribution in [1.82, 2.24) is 5.32 Å². The van der Waals surface area contributed by atoms with Crippen molar-refractivity contribution in [2.75, 3.05) is 34.0 Å². The predicted octanol–water partition coefficient (Wildman–Crippen LogP) is 4.05. The lowest BCUT2D eigenvalue weighted by atomic mass is 9.80. The molecule has 2 aromatic rings. The molecule has 0 aromatic heterocycles. The summed E-state index contributed by atoms with van der Waals surface area (Å²) >= 11 is 0. The number of methoxy groups -OCH3 is 2. The van der Waals surface area contributed by atoms with Gasteiger partial charge < -0.3 is 33.7 Å². The Kier molecular flexibility index (Phi) is 9.97. The number of allylic oxidation sites excluding steroid dienone is 2. The number of carbonyl (C=O) groups is 3. The molecule has 0 bridgehead atoms. The number of nitrogens with one attached hydrogen (secondary N) is 1. The number of ether oxygens (including phenoxy) is 6. The Morgan fingerprint density at radius 2 is 1.33 bits per heavy atom. The van der Waals surface area contributed by atoms with Crippen LogP contribution in [0.15, 0.2) is 65.0 Å². The predicted molar refractivity (Wildman–Crippen MR) is 142 cm³/mol. The first-order valence-corrected chi connectivity index (χ1v) is 12.4. The fourth-order valence-electron chi connectivity index (χ4n) is 4.20. The van der Waals surface area contributed by atoms with Crippen LogP contribution in [0.2, 0.25) is 0 Å². The zero-order chi connectivity index (χ0) is 28.5. The molecule has 0 aliphatic carbocycles. The number of esters is 3. The largest absolute Gasteiger partial charge is 0.497 e. The van der Waals surface area contributed by atoms with Crippen LogP contribution in [0.3, 0.4) is 0 Å². The number of rotatable bonds is 11. The molecule has 1 heterocycles. The topological polar surface area (TPSA) is 119 Å². The Labute approximate surface area is 227 Å². The smallest absolute Gasteiger partial charge is 0.349 e. The van der Waals surface area contributed by atoms with Gasteiger partial charge in [0.2, 0.25) is 0 Å². The standard InChI is InChI=1S/C29H33NO9/c1-7-36-28(32)25-17(3)30-18(4)26(29(33)37-8-2)27(25)19-9-14-22(23(15-19)35-6)39-24(31)16-38-21-12-10-20(34-5)11-13-21/h9-15,27,30H,7-8,16H2,1-6H3. The molecule has 0 unspecified atom stereocenters. The van der Waals surface area contributed by atoms with Gasteiger partial charge in [0.25, 0.3) is 0 Å². The Hall–Kier alpha value is -4.47. The summed E-state index contributed by atoms with van der Waals surface area (Å²) in [6.07, 6.45) is 0. The van der Waals surface area contributed by atoms with Crippen molar-refractivity contribution in [2.45, 2.75) is 33.6 Å². The maximum absolute atomic E-state index is 13.0. The fraction of sp³-hybridized carbons (Fsp3) is 0.345. The highest BCUT2D eigenvalue weighted by Gasteiger charge is 2.38. The van der Waals surface area contributed by atoms with Crippen molar-refractivity contribution in [1.29, 1.82) is 0 Å². The molecule has 0 spiro atoms. The molecule has 10 nitrogen and oxygen atoms in total. The molecule has 2 aromatic carbocycles. The zero-order valence-electron chi connectivity index (χ0n) is 22.9. The van der Waals surface area contributed by atoms with E-state index in [0.717, 1.165) is 0 Å². The summed E-state index contributed by atoms with van der Waals surface area (Å²) in [4.78, 5) is 38.5. The van der Waals surface area contributed by atoms with E-state index in [9.17, 15) is 14.4 Å². The Morgan fingerprint density at radius 3 is 1.85 bits per heavy atom. The highest BCUT2D eigenvalue weighted by atomic mass is 16.6. The average molecular weight is 540 g/mol. The second kappa shape index (κ2) is 13.4. The molecule has 0 atom stereocenters. The summed E-state index contributed by atoms with van der Waals surface area (Å²) in [7, 11) is 2.98. The third kappa shape index (κ3) is 6.90. The van der Waals surface area contributed by atoms with Crippen molar-refractivity contribution in [3.63, 3.8) is 0 Å². The van der Waals surface area contributed by atoms with Gasteiger partial charge >= 0.3 is 17.9 Å². The number of benzene rings is 2. The lowest BCUT2D eigenvalue weighted by molar-refractivity contribution is -0.140. The van der Waals surface area contributed by atoms with Gasteiger partial charge in [0.15, 0.2) is 18.1 Å². The van der Waals surface area contributed by atoms with Gasteiger partial charge in [0, 0.05) is 11.4 Å². The van der Waals surface area contributed by atoms with Crippen molar-refractivity contribution in [2.24, 2.45) is 0 Å². The Balaban J connectivity index is 1.90. The quantitative estimate of drug-likeness (QED) is 0.331. The van der Waals surface area contributed by atoms with Crippen LogP contribution in [0, 0.1) is 0 Å². The first-order chi connectivity index (χ1) is 18.7.